The molecule has 0 spiro atoms. The van der Waals surface area contributed by atoms with Gasteiger partial charge in [-0.2, -0.15) is 0 Å². The van der Waals surface area contributed by atoms with Gasteiger partial charge in [-0.25, -0.2) is 14.8 Å². The summed E-state index contributed by atoms with van der Waals surface area (Å²) in [5.74, 6) is 2.26. The third kappa shape index (κ3) is 4.82. The van der Waals surface area contributed by atoms with E-state index in [1.165, 1.54) is 22.2 Å². The number of hydrogen-bond acceptors (Lipinski definition) is 7. The van der Waals surface area contributed by atoms with E-state index in [1.807, 2.05) is 11.3 Å². The van der Waals surface area contributed by atoms with Gasteiger partial charge >= 0.3 is 12.0 Å². The van der Waals surface area contributed by atoms with Crippen molar-refractivity contribution in [3.8, 4) is 0 Å². The maximum Gasteiger partial charge on any atom is 0.325 e. The van der Waals surface area contributed by atoms with Crippen LogP contribution in [0.1, 0.15) is 49.9 Å². The summed E-state index contributed by atoms with van der Waals surface area (Å²) in [5, 5.41) is 3.89. The number of rotatable bonds is 6. The zero-order valence-electron chi connectivity index (χ0n) is 19.3. The van der Waals surface area contributed by atoms with E-state index in [9.17, 15) is 9.59 Å². The number of hydrogen-bond donors (Lipinski definition) is 1. The van der Waals surface area contributed by atoms with Crippen LogP contribution >= 0.6 is 11.3 Å². The highest BCUT2D eigenvalue weighted by Crippen LogP contribution is 2.41. The highest BCUT2D eigenvalue weighted by atomic mass is 32.1. The number of carbonyl (C=O) groups excluding carboxylic acids is 2. The van der Waals surface area contributed by atoms with Crippen LogP contribution in [0.15, 0.2) is 0 Å². The molecule has 1 aliphatic carbocycles. The summed E-state index contributed by atoms with van der Waals surface area (Å²) in [6, 6.07) is -0.223. The molecule has 1 saturated heterocycles. The molecule has 8 nitrogen and oxygen atoms in total. The number of amides is 2. The van der Waals surface area contributed by atoms with E-state index in [-0.39, 0.29) is 12.6 Å². The first kappa shape index (κ1) is 22.8. The molecule has 4 rings (SSSR count). The second-order valence-corrected chi connectivity index (χ2v) is 9.77. The number of piperazine rings is 1. The minimum absolute atomic E-state index is 0.0980. The fourth-order valence-corrected chi connectivity index (χ4v) is 5.92. The molecule has 2 aliphatic rings. The summed E-state index contributed by atoms with van der Waals surface area (Å²) in [6.07, 6.45) is 5.33. The van der Waals surface area contributed by atoms with Gasteiger partial charge in [0.1, 0.15) is 23.0 Å². The molecule has 0 bridgehead atoms. The lowest BCUT2D eigenvalue weighted by Gasteiger charge is -2.36. The minimum Gasteiger partial charge on any atom is -0.465 e. The number of aryl methyl sites for hydroxylation is 2. The van der Waals surface area contributed by atoms with Crippen LogP contribution in [0.3, 0.4) is 0 Å². The molecular weight excluding hydrogens is 426 g/mol. The summed E-state index contributed by atoms with van der Waals surface area (Å²) in [6.45, 7) is 9.05. The molecule has 9 heteroatoms. The molecule has 0 aromatic carbocycles. The van der Waals surface area contributed by atoms with Crippen molar-refractivity contribution in [2.24, 2.45) is 5.92 Å². The molecule has 3 heterocycles. The second kappa shape index (κ2) is 10.0. The van der Waals surface area contributed by atoms with E-state index in [0.717, 1.165) is 48.1 Å². The van der Waals surface area contributed by atoms with Gasteiger partial charge in [0.2, 0.25) is 0 Å². The molecule has 0 saturated carbocycles. The van der Waals surface area contributed by atoms with Gasteiger partial charge < -0.3 is 19.9 Å². The van der Waals surface area contributed by atoms with Crippen LogP contribution in [0.4, 0.5) is 10.6 Å². The number of nitrogens with zero attached hydrogens (tertiary/aromatic N) is 4. The fraction of sp³-hybridized carbons (Fsp3) is 0.652. The van der Waals surface area contributed by atoms with Crippen molar-refractivity contribution in [2.75, 3.05) is 44.2 Å². The Hall–Kier alpha value is -2.42. The molecule has 32 heavy (non-hydrogen) atoms. The Labute approximate surface area is 193 Å². The quantitative estimate of drug-likeness (QED) is 0.668. The first-order valence-corrected chi connectivity index (χ1v) is 12.6. The van der Waals surface area contributed by atoms with E-state index >= 15 is 0 Å². The number of urea groups is 1. The zero-order chi connectivity index (χ0) is 22.7. The standard InChI is InChI=1S/C23H33N5O3S/c1-4-6-18-25-21(20-16-8-7-15(3)13-17(16)32-22(20)26-18)27-9-11-28(12-10-27)23(30)24-14-19(29)31-5-2/h15H,4-14H2,1-3H3,(H,24,30)/t15-/m1/s1. The molecule has 0 radical (unpaired) electrons. The molecule has 0 unspecified atom stereocenters. The maximum absolute atomic E-state index is 12.4. The van der Waals surface area contributed by atoms with Gasteiger partial charge in [-0.1, -0.05) is 13.8 Å². The molecule has 2 amide bonds. The number of thiophene rings is 1. The molecule has 1 aliphatic heterocycles. The first-order chi connectivity index (χ1) is 15.5. The Morgan fingerprint density at radius 1 is 1.19 bits per heavy atom. The van der Waals surface area contributed by atoms with E-state index in [0.29, 0.717) is 32.8 Å². The largest absolute Gasteiger partial charge is 0.465 e. The summed E-state index contributed by atoms with van der Waals surface area (Å²) in [7, 11) is 0. The molecule has 1 fully saturated rings. The summed E-state index contributed by atoms with van der Waals surface area (Å²) in [4.78, 5) is 40.5. The van der Waals surface area contributed by atoms with E-state index < -0.39 is 5.97 Å². The molecule has 1 atom stereocenters. The summed E-state index contributed by atoms with van der Waals surface area (Å²) < 4.78 is 4.88. The Bertz CT molecular complexity index is 984. The van der Waals surface area contributed by atoms with Gasteiger partial charge in [0.25, 0.3) is 0 Å². The first-order valence-electron chi connectivity index (χ1n) is 11.7. The number of anilines is 1. The Kier molecular flexibility index (Phi) is 7.13. The number of carbonyl (C=O) groups is 2. The predicted octanol–water partition coefficient (Wildman–Crippen LogP) is 3.16. The van der Waals surface area contributed by atoms with Crippen LogP contribution in [0, 0.1) is 5.92 Å². The Morgan fingerprint density at radius 2 is 1.97 bits per heavy atom. The molecular formula is C23H33N5O3S. The van der Waals surface area contributed by atoms with Crippen LogP contribution in [0.5, 0.6) is 0 Å². The van der Waals surface area contributed by atoms with Crippen LogP contribution in [-0.2, 0) is 28.8 Å². The van der Waals surface area contributed by atoms with Crippen LogP contribution in [0.25, 0.3) is 10.2 Å². The lowest BCUT2D eigenvalue weighted by atomic mass is 9.89. The number of fused-ring (bicyclic) bond motifs is 3. The van der Waals surface area contributed by atoms with Crippen LogP contribution < -0.4 is 10.2 Å². The minimum atomic E-state index is -0.414. The number of ether oxygens (including phenoxy) is 1. The highest BCUT2D eigenvalue weighted by Gasteiger charge is 2.28. The maximum atomic E-state index is 12.4. The van der Waals surface area contributed by atoms with Gasteiger partial charge in [-0.05, 0) is 44.1 Å². The van der Waals surface area contributed by atoms with Crippen molar-refractivity contribution in [1.29, 1.82) is 0 Å². The van der Waals surface area contributed by atoms with Crippen molar-refractivity contribution >= 4 is 39.4 Å². The van der Waals surface area contributed by atoms with Crippen molar-refractivity contribution in [3.63, 3.8) is 0 Å². The lowest BCUT2D eigenvalue weighted by molar-refractivity contribution is -0.141. The highest BCUT2D eigenvalue weighted by molar-refractivity contribution is 7.19. The monoisotopic (exact) mass is 459 g/mol. The molecule has 174 valence electrons. The molecule has 1 N–H and O–H groups in total. The van der Waals surface area contributed by atoms with Crippen LogP contribution in [0.2, 0.25) is 0 Å². The lowest BCUT2D eigenvalue weighted by Crippen LogP contribution is -2.52. The van der Waals surface area contributed by atoms with Crippen molar-refractivity contribution in [1.82, 2.24) is 20.2 Å². The third-order valence-electron chi connectivity index (χ3n) is 6.21. The van der Waals surface area contributed by atoms with Gasteiger partial charge in [0.05, 0.1) is 12.0 Å². The Balaban J connectivity index is 1.51. The van der Waals surface area contributed by atoms with Crippen molar-refractivity contribution < 1.29 is 14.3 Å². The number of esters is 1. The van der Waals surface area contributed by atoms with Crippen molar-refractivity contribution in [3.05, 3.63) is 16.3 Å². The average molecular weight is 460 g/mol. The average Bonchev–Trinajstić information content (AvgIpc) is 3.14. The number of nitrogens with one attached hydrogen (secondary N) is 1. The van der Waals surface area contributed by atoms with Crippen molar-refractivity contribution in [2.45, 2.75) is 52.9 Å². The van der Waals surface area contributed by atoms with Crippen LogP contribution in [-0.4, -0.2) is 66.2 Å². The Morgan fingerprint density at radius 3 is 2.69 bits per heavy atom. The second-order valence-electron chi connectivity index (χ2n) is 8.68. The van der Waals surface area contributed by atoms with Gasteiger partial charge in [-0.15, -0.1) is 11.3 Å². The number of aromatic nitrogens is 2. The van der Waals surface area contributed by atoms with E-state index in [4.69, 9.17) is 14.7 Å². The van der Waals surface area contributed by atoms with Gasteiger partial charge in [0, 0.05) is 37.5 Å². The topological polar surface area (TPSA) is 87.7 Å². The SMILES string of the molecule is CCCc1nc(N2CCN(C(=O)NCC(=O)OCC)CC2)c2c3c(sc2n1)C[C@H](C)CC3. The smallest absolute Gasteiger partial charge is 0.325 e. The van der Waals surface area contributed by atoms with Gasteiger partial charge in [0.15, 0.2) is 0 Å². The predicted molar refractivity (Wildman–Crippen MR) is 126 cm³/mol. The fourth-order valence-electron chi connectivity index (χ4n) is 4.52. The van der Waals surface area contributed by atoms with Gasteiger partial charge in [-0.3, -0.25) is 4.79 Å². The summed E-state index contributed by atoms with van der Waals surface area (Å²) in [5.41, 5.74) is 1.44. The third-order valence-corrected chi connectivity index (χ3v) is 7.36. The normalized spacial score (nSPS) is 18.5. The van der Waals surface area contributed by atoms with E-state index in [1.54, 1.807) is 11.8 Å². The zero-order valence-corrected chi connectivity index (χ0v) is 20.1. The molecule has 2 aromatic rings. The summed E-state index contributed by atoms with van der Waals surface area (Å²) >= 11 is 1.84. The molecule has 2 aromatic heterocycles. The van der Waals surface area contributed by atoms with E-state index in [2.05, 4.69) is 24.1 Å².